The van der Waals surface area contributed by atoms with Crippen molar-refractivity contribution in [2.75, 3.05) is 5.32 Å². The number of carbonyl (C=O) groups excluding carboxylic acids is 2. The summed E-state index contributed by atoms with van der Waals surface area (Å²) in [4.78, 5) is 30.8. The van der Waals surface area contributed by atoms with Gasteiger partial charge < -0.3 is 5.32 Å². The quantitative estimate of drug-likeness (QED) is 0.442. The normalized spacial score (nSPS) is 14.9. The van der Waals surface area contributed by atoms with Gasteiger partial charge in [-0.1, -0.05) is 24.3 Å². The van der Waals surface area contributed by atoms with Gasteiger partial charge in [0.15, 0.2) is 5.78 Å². The van der Waals surface area contributed by atoms with E-state index in [4.69, 9.17) is 5.21 Å². The van der Waals surface area contributed by atoms with Crippen LogP contribution in [0.3, 0.4) is 0 Å². The van der Waals surface area contributed by atoms with Gasteiger partial charge in [0.25, 0.3) is 5.91 Å². The van der Waals surface area contributed by atoms with Gasteiger partial charge >= 0.3 is 0 Å². The van der Waals surface area contributed by atoms with Gasteiger partial charge in [-0.2, -0.15) is 0 Å². The van der Waals surface area contributed by atoms with Crippen molar-refractivity contribution in [3.63, 3.8) is 0 Å². The smallest absolute Gasteiger partial charge is 0.277 e. The first-order valence-electron chi connectivity index (χ1n) is 7.20. The summed E-state index contributed by atoms with van der Waals surface area (Å²) in [5, 5.41) is 11.8. The van der Waals surface area contributed by atoms with Crippen molar-refractivity contribution < 1.29 is 14.8 Å². The van der Waals surface area contributed by atoms with Crippen LogP contribution in [-0.4, -0.2) is 26.9 Å². The highest BCUT2D eigenvalue weighted by atomic mass is 16.5. The number of nitrogens with zero attached hydrogens (tertiary/aromatic N) is 2. The standard InChI is InChI=1S/C16H16N4O3/c1-10(21)11-2-4-13(5-3-11)16(6-7-16)19-15-17-8-12(9-18-15)14(22)20-23/h2-5,8-9,23H,6-7H2,1H3,(H,20,22)(H,17,18,19). The van der Waals surface area contributed by atoms with Crippen LogP contribution in [0, 0.1) is 0 Å². The minimum Gasteiger partial charge on any atom is -0.345 e. The van der Waals surface area contributed by atoms with E-state index < -0.39 is 5.91 Å². The van der Waals surface area contributed by atoms with Crippen LogP contribution in [0.15, 0.2) is 36.7 Å². The number of anilines is 1. The Morgan fingerprint density at radius 2 is 1.70 bits per heavy atom. The van der Waals surface area contributed by atoms with E-state index in [2.05, 4.69) is 15.3 Å². The fourth-order valence-corrected chi connectivity index (χ4v) is 2.42. The van der Waals surface area contributed by atoms with E-state index in [1.54, 1.807) is 0 Å². The third-order valence-electron chi connectivity index (χ3n) is 3.96. The van der Waals surface area contributed by atoms with E-state index in [-0.39, 0.29) is 16.9 Å². The fraction of sp³-hybridized carbons (Fsp3) is 0.250. The number of hydrogen-bond donors (Lipinski definition) is 3. The molecule has 7 nitrogen and oxygen atoms in total. The molecule has 118 valence electrons. The van der Waals surface area contributed by atoms with Crippen molar-refractivity contribution in [3.8, 4) is 0 Å². The minimum atomic E-state index is -0.655. The molecule has 2 aromatic rings. The molecule has 1 aromatic carbocycles. The zero-order valence-corrected chi connectivity index (χ0v) is 12.5. The maximum atomic E-state index is 11.3. The van der Waals surface area contributed by atoms with E-state index in [1.165, 1.54) is 24.8 Å². The van der Waals surface area contributed by atoms with Crippen molar-refractivity contribution in [1.82, 2.24) is 15.4 Å². The van der Waals surface area contributed by atoms with E-state index >= 15 is 0 Å². The molecule has 1 aromatic heterocycles. The lowest BCUT2D eigenvalue weighted by Gasteiger charge is -2.18. The highest BCUT2D eigenvalue weighted by Crippen LogP contribution is 2.47. The Morgan fingerprint density at radius 3 is 2.17 bits per heavy atom. The van der Waals surface area contributed by atoms with Crippen LogP contribution in [0.5, 0.6) is 0 Å². The molecule has 1 aliphatic carbocycles. The molecule has 0 bridgehead atoms. The van der Waals surface area contributed by atoms with Crippen molar-refractivity contribution >= 4 is 17.6 Å². The van der Waals surface area contributed by atoms with E-state index in [0.29, 0.717) is 11.5 Å². The van der Waals surface area contributed by atoms with Crippen LogP contribution < -0.4 is 10.8 Å². The first-order valence-corrected chi connectivity index (χ1v) is 7.20. The molecular formula is C16H16N4O3. The van der Waals surface area contributed by atoms with Gasteiger partial charge in [0.2, 0.25) is 5.95 Å². The molecule has 1 amide bonds. The molecule has 3 N–H and O–H groups in total. The first-order chi connectivity index (χ1) is 11.0. The molecule has 1 saturated carbocycles. The first kappa shape index (κ1) is 15.1. The number of ketones is 1. The summed E-state index contributed by atoms with van der Waals surface area (Å²) in [5.41, 5.74) is 3.24. The minimum absolute atomic E-state index is 0.0374. The maximum absolute atomic E-state index is 11.3. The van der Waals surface area contributed by atoms with Gasteiger partial charge in [-0.25, -0.2) is 15.4 Å². The van der Waals surface area contributed by atoms with E-state index in [1.807, 2.05) is 24.3 Å². The molecule has 0 aliphatic heterocycles. The zero-order chi connectivity index (χ0) is 16.4. The summed E-state index contributed by atoms with van der Waals surface area (Å²) in [6.45, 7) is 1.54. The van der Waals surface area contributed by atoms with Crippen LogP contribution >= 0.6 is 0 Å². The molecule has 7 heteroatoms. The Balaban J connectivity index is 1.76. The van der Waals surface area contributed by atoms with Gasteiger partial charge in [-0.15, -0.1) is 0 Å². The molecule has 0 spiro atoms. The Hall–Kier alpha value is -2.80. The molecule has 3 rings (SSSR count). The zero-order valence-electron chi connectivity index (χ0n) is 12.5. The highest BCUT2D eigenvalue weighted by Gasteiger charge is 2.45. The van der Waals surface area contributed by atoms with Crippen molar-refractivity contribution in [2.45, 2.75) is 25.3 Å². The summed E-state index contributed by atoms with van der Waals surface area (Å²) in [7, 11) is 0. The largest absolute Gasteiger partial charge is 0.345 e. The lowest BCUT2D eigenvalue weighted by molar-refractivity contribution is 0.0705. The SMILES string of the molecule is CC(=O)c1ccc(C2(Nc3ncc(C(=O)NO)cn3)CC2)cc1. The van der Waals surface area contributed by atoms with Crippen molar-refractivity contribution in [3.05, 3.63) is 53.3 Å². The second-order valence-electron chi connectivity index (χ2n) is 5.58. The van der Waals surface area contributed by atoms with Crippen LogP contribution in [0.4, 0.5) is 5.95 Å². The lowest BCUT2D eigenvalue weighted by Crippen LogP contribution is -2.22. The second kappa shape index (κ2) is 5.77. The number of rotatable bonds is 5. The Kier molecular flexibility index (Phi) is 3.79. The number of carbonyl (C=O) groups is 2. The topological polar surface area (TPSA) is 104 Å². The van der Waals surface area contributed by atoms with E-state index in [0.717, 1.165) is 18.4 Å². The van der Waals surface area contributed by atoms with Crippen molar-refractivity contribution in [2.24, 2.45) is 0 Å². The number of aromatic nitrogens is 2. The number of hydrogen-bond acceptors (Lipinski definition) is 6. The maximum Gasteiger partial charge on any atom is 0.277 e. The van der Waals surface area contributed by atoms with E-state index in [9.17, 15) is 9.59 Å². The summed E-state index contributed by atoms with van der Waals surface area (Å²) < 4.78 is 0. The predicted molar refractivity (Wildman–Crippen MR) is 82.3 cm³/mol. The Bertz CT molecular complexity index is 737. The average Bonchev–Trinajstić information content (AvgIpc) is 3.35. The molecular weight excluding hydrogens is 296 g/mol. The molecule has 0 saturated heterocycles. The monoisotopic (exact) mass is 312 g/mol. The van der Waals surface area contributed by atoms with Crippen LogP contribution in [0.2, 0.25) is 0 Å². The molecule has 0 radical (unpaired) electrons. The number of amides is 1. The van der Waals surface area contributed by atoms with Crippen molar-refractivity contribution in [1.29, 1.82) is 0 Å². The fourth-order valence-electron chi connectivity index (χ4n) is 2.42. The van der Waals surface area contributed by atoms with Gasteiger partial charge in [0.1, 0.15) is 0 Å². The third kappa shape index (κ3) is 3.04. The lowest BCUT2D eigenvalue weighted by atomic mass is 10.0. The Labute approximate surface area is 132 Å². The summed E-state index contributed by atoms with van der Waals surface area (Å²) in [6, 6.07) is 7.50. The number of nitrogens with one attached hydrogen (secondary N) is 2. The van der Waals surface area contributed by atoms with Gasteiger partial charge in [-0.3, -0.25) is 14.8 Å². The van der Waals surface area contributed by atoms with Crippen LogP contribution in [0.25, 0.3) is 0 Å². The highest BCUT2D eigenvalue weighted by molar-refractivity contribution is 5.94. The van der Waals surface area contributed by atoms with Gasteiger partial charge in [0.05, 0.1) is 11.1 Å². The third-order valence-corrected chi connectivity index (χ3v) is 3.96. The summed E-state index contributed by atoms with van der Waals surface area (Å²) in [6.07, 6.45) is 4.56. The average molecular weight is 312 g/mol. The molecule has 23 heavy (non-hydrogen) atoms. The van der Waals surface area contributed by atoms with Crippen LogP contribution in [0.1, 0.15) is 46.0 Å². The molecule has 1 aliphatic rings. The predicted octanol–water partition coefficient (Wildman–Crippen LogP) is 1.90. The number of benzene rings is 1. The van der Waals surface area contributed by atoms with Gasteiger partial charge in [-0.05, 0) is 25.3 Å². The second-order valence-corrected chi connectivity index (χ2v) is 5.58. The summed E-state index contributed by atoms with van der Waals surface area (Å²) >= 11 is 0. The number of hydroxylamine groups is 1. The molecule has 0 atom stereocenters. The van der Waals surface area contributed by atoms with Gasteiger partial charge in [0, 0.05) is 18.0 Å². The molecule has 1 fully saturated rings. The number of Topliss-reactive ketones (excluding diaryl/α,β-unsaturated/α-hetero) is 1. The molecule has 0 unspecified atom stereocenters. The molecule has 1 heterocycles. The van der Waals surface area contributed by atoms with Crippen LogP contribution in [-0.2, 0) is 5.54 Å². The Morgan fingerprint density at radius 1 is 1.09 bits per heavy atom. The summed E-state index contributed by atoms with van der Waals surface area (Å²) in [5.74, 6) is -0.208.